The summed E-state index contributed by atoms with van der Waals surface area (Å²) in [5.41, 5.74) is 5.31. The van der Waals surface area contributed by atoms with Gasteiger partial charge in [0.25, 0.3) is 0 Å². The van der Waals surface area contributed by atoms with E-state index >= 15 is 0 Å². The van der Waals surface area contributed by atoms with Gasteiger partial charge in [0.1, 0.15) is 5.60 Å². The molecular formula is C11H24N2O2. The van der Waals surface area contributed by atoms with Crippen LogP contribution in [0.25, 0.3) is 0 Å². The molecule has 0 saturated heterocycles. The number of carbonyl (C=O) groups is 1. The molecule has 1 amide bonds. The fourth-order valence-electron chi connectivity index (χ4n) is 1.35. The van der Waals surface area contributed by atoms with Gasteiger partial charge in [0, 0.05) is 12.1 Å². The second-order valence-electron chi connectivity index (χ2n) is 5.28. The van der Waals surface area contributed by atoms with E-state index < -0.39 is 11.7 Å². The Morgan fingerprint density at radius 2 is 1.73 bits per heavy atom. The van der Waals surface area contributed by atoms with E-state index in [4.69, 9.17) is 10.5 Å². The summed E-state index contributed by atoms with van der Waals surface area (Å²) in [6.45, 7) is 11.4. The summed E-state index contributed by atoms with van der Waals surface area (Å²) in [5, 5.41) is 2.79. The van der Waals surface area contributed by atoms with Gasteiger partial charge in [-0.05, 0) is 33.6 Å². The fraction of sp³-hybridized carbons (Fsp3) is 0.909. The van der Waals surface area contributed by atoms with Crippen LogP contribution in [0.15, 0.2) is 0 Å². The second kappa shape index (κ2) is 5.35. The molecule has 0 spiro atoms. The summed E-state index contributed by atoms with van der Waals surface area (Å²) >= 11 is 0. The zero-order chi connectivity index (χ0) is 12.2. The lowest BCUT2D eigenvalue weighted by Crippen LogP contribution is -2.50. The molecular weight excluding hydrogens is 192 g/mol. The van der Waals surface area contributed by atoms with Gasteiger partial charge in [0.05, 0.1) is 0 Å². The molecule has 4 heteroatoms. The lowest BCUT2D eigenvalue weighted by molar-refractivity contribution is 0.0482. The maximum atomic E-state index is 11.5. The lowest BCUT2D eigenvalue weighted by Gasteiger charge is -2.28. The molecule has 0 heterocycles. The molecule has 4 nitrogen and oxygen atoms in total. The van der Waals surface area contributed by atoms with Crippen molar-refractivity contribution in [3.05, 3.63) is 0 Å². The number of ether oxygens (including phenoxy) is 1. The highest BCUT2D eigenvalue weighted by Gasteiger charge is 2.23. The Hall–Kier alpha value is -0.770. The summed E-state index contributed by atoms with van der Waals surface area (Å²) in [5.74, 6) is 0.289. The number of hydrogen-bond acceptors (Lipinski definition) is 3. The van der Waals surface area contributed by atoms with Crippen LogP contribution in [0.2, 0.25) is 0 Å². The normalized spacial score (nSPS) is 16.0. The molecule has 0 aliphatic carbocycles. The van der Waals surface area contributed by atoms with Crippen LogP contribution < -0.4 is 11.1 Å². The third kappa shape index (κ3) is 6.33. The van der Waals surface area contributed by atoms with E-state index in [-0.39, 0.29) is 18.0 Å². The van der Waals surface area contributed by atoms with Gasteiger partial charge in [-0.2, -0.15) is 0 Å². The van der Waals surface area contributed by atoms with Gasteiger partial charge in [-0.25, -0.2) is 4.79 Å². The topological polar surface area (TPSA) is 64.3 Å². The van der Waals surface area contributed by atoms with Gasteiger partial charge in [0.2, 0.25) is 0 Å². The summed E-state index contributed by atoms with van der Waals surface area (Å²) in [7, 11) is 0. The van der Waals surface area contributed by atoms with Crippen LogP contribution in [-0.2, 0) is 4.74 Å². The number of rotatable bonds is 3. The van der Waals surface area contributed by atoms with Crippen LogP contribution in [0.3, 0.4) is 0 Å². The molecule has 0 aliphatic heterocycles. The van der Waals surface area contributed by atoms with Crippen LogP contribution >= 0.6 is 0 Å². The smallest absolute Gasteiger partial charge is 0.407 e. The first-order valence-corrected chi connectivity index (χ1v) is 5.38. The van der Waals surface area contributed by atoms with Crippen molar-refractivity contribution in [2.75, 3.05) is 0 Å². The summed E-state index contributed by atoms with van der Waals surface area (Å²) in [6.07, 6.45) is -0.404. The molecule has 0 aliphatic rings. The van der Waals surface area contributed by atoms with Crippen molar-refractivity contribution < 1.29 is 9.53 Å². The average Bonchev–Trinajstić information content (AvgIpc) is 1.95. The van der Waals surface area contributed by atoms with E-state index in [2.05, 4.69) is 5.32 Å². The van der Waals surface area contributed by atoms with E-state index in [0.29, 0.717) is 0 Å². The highest BCUT2D eigenvalue weighted by Crippen LogP contribution is 2.09. The first-order chi connectivity index (χ1) is 6.63. The summed E-state index contributed by atoms with van der Waals surface area (Å²) < 4.78 is 5.16. The number of alkyl carbamates (subject to hydrolysis) is 1. The van der Waals surface area contributed by atoms with Crippen LogP contribution in [0, 0.1) is 5.92 Å². The molecule has 0 unspecified atom stereocenters. The third-order valence-electron chi connectivity index (χ3n) is 1.97. The van der Waals surface area contributed by atoms with Crippen LogP contribution in [0.5, 0.6) is 0 Å². The third-order valence-corrected chi connectivity index (χ3v) is 1.97. The Balaban J connectivity index is 4.25. The van der Waals surface area contributed by atoms with Crippen molar-refractivity contribution in [3.8, 4) is 0 Å². The molecule has 0 fully saturated rings. The van der Waals surface area contributed by atoms with Crippen molar-refractivity contribution in [2.24, 2.45) is 11.7 Å². The fourth-order valence-corrected chi connectivity index (χ4v) is 1.35. The second-order valence-corrected chi connectivity index (χ2v) is 5.28. The highest BCUT2D eigenvalue weighted by molar-refractivity contribution is 5.68. The minimum atomic E-state index is -0.469. The van der Waals surface area contributed by atoms with Gasteiger partial charge in [-0.1, -0.05) is 13.8 Å². The van der Waals surface area contributed by atoms with Gasteiger partial charge in [-0.3, -0.25) is 0 Å². The number of hydrogen-bond donors (Lipinski definition) is 2. The number of carbonyl (C=O) groups excluding carboxylic acids is 1. The molecule has 15 heavy (non-hydrogen) atoms. The molecule has 0 aromatic heterocycles. The minimum absolute atomic E-state index is 0.0557. The Morgan fingerprint density at radius 3 is 2.00 bits per heavy atom. The van der Waals surface area contributed by atoms with E-state index in [1.165, 1.54) is 0 Å². The van der Waals surface area contributed by atoms with Gasteiger partial charge in [0.15, 0.2) is 0 Å². The Kier molecular flexibility index (Phi) is 5.08. The van der Waals surface area contributed by atoms with Gasteiger partial charge >= 0.3 is 6.09 Å². The molecule has 0 radical (unpaired) electrons. The van der Waals surface area contributed by atoms with Crippen molar-refractivity contribution in [1.82, 2.24) is 5.32 Å². The lowest BCUT2D eigenvalue weighted by atomic mass is 9.98. The van der Waals surface area contributed by atoms with Crippen molar-refractivity contribution in [2.45, 2.75) is 59.2 Å². The maximum absolute atomic E-state index is 11.5. The zero-order valence-electron chi connectivity index (χ0n) is 10.6. The molecule has 3 N–H and O–H groups in total. The highest BCUT2D eigenvalue weighted by atomic mass is 16.6. The molecule has 0 aromatic carbocycles. The van der Waals surface area contributed by atoms with Gasteiger partial charge in [-0.15, -0.1) is 0 Å². The largest absolute Gasteiger partial charge is 0.444 e. The van der Waals surface area contributed by atoms with Crippen molar-refractivity contribution in [1.29, 1.82) is 0 Å². The summed E-state index contributed by atoms with van der Waals surface area (Å²) in [6, 6.07) is -0.141. The molecule has 0 saturated carbocycles. The SMILES string of the molecule is CC(C)[C@H](NC(=O)OC(C)(C)C)[C@@H](C)N. The number of nitrogens with two attached hydrogens (primary N) is 1. The molecule has 0 aromatic rings. The molecule has 2 atom stereocenters. The van der Waals surface area contributed by atoms with Crippen LogP contribution in [0.4, 0.5) is 4.79 Å². The quantitative estimate of drug-likeness (QED) is 0.757. The Morgan fingerprint density at radius 1 is 1.27 bits per heavy atom. The predicted octanol–water partition coefficient (Wildman–Crippen LogP) is 1.88. The van der Waals surface area contributed by atoms with E-state index in [1.807, 2.05) is 41.5 Å². The van der Waals surface area contributed by atoms with Crippen LogP contribution in [0.1, 0.15) is 41.5 Å². The Labute approximate surface area is 92.6 Å². The molecule has 0 rings (SSSR count). The van der Waals surface area contributed by atoms with E-state index in [0.717, 1.165) is 0 Å². The van der Waals surface area contributed by atoms with E-state index in [9.17, 15) is 4.79 Å². The first kappa shape index (κ1) is 14.2. The maximum Gasteiger partial charge on any atom is 0.407 e. The number of nitrogens with one attached hydrogen (secondary N) is 1. The monoisotopic (exact) mass is 216 g/mol. The zero-order valence-corrected chi connectivity index (χ0v) is 10.6. The summed E-state index contributed by atoms with van der Waals surface area (Å²) in [4.78, 5) is 11.5. The van der Waals surface area contributed by atoms with Crippen LogP contribution in [-0.4, -0.2) is 23.8 Å². The molecule has 90 valence electrons. The predicted molar refractivity (Wildman–Crippen MR) is 61.6 cm³/mol. The molecule has 0 bridgehead atoms. The Bertz CT molecular complexity index is 199. The van der Waals surface area contributed by atoms with Crippen molar-refractivity contribution >= 4 is 6.09 Å². The number of amides is 1. The minimum Gasteiger partial charge on any atom is -0.444 e. The van der Waals surface area contributed by atoms with Gasteiger partial charge < -0.3 is 15.8 Å². The standard InChI is InChI=1S/C11H24N2O2/c1-7(2)9(8(3)12)13-10(14)15-11(4,5)6/h7-9H,12H2,1-6H3,(H,13,14)/t8-,9+/m1/s1. The average molecular weight is 216 g/mol. The van der Waals surface area contributed by atoms with E-state index in [1.54, 1.807) is 0 Å². The first-order valence-electron chi connectivity index (χ1n) is 5.38. The van der Waals surface area contributed by atoms with Crippen molar-refractivity contribution in [3.63, 3.8) is 0 Å².